The van der Waals surface area contributed by atoms with Crippen molar-refractivity contribution in [2.75, 3.05) is 26.4 Å². The fourth-order valence-electron chi connectivity index (χ4n) is 14.3. The number of carbonyl (C=O) groups excluding carboxylic acids is 2. The van der Waals surface area contributed by atoms with E-state index in [9.17, 15) is 23.9 Å². The second kappa shape index (κ2) is 15.2. The Morgan fingerprint density at radius 2 is 1.03 bits per heavy atom. The van der Waals surface area contributed by atoms with Crippen LogP contribution in [0.25, 0.3) is 0 Å². The van der Waals surface area contributed by atoms with Crippen LogP contribution in [0.2, 0.25) is 0 Å². The number of nitrogens with one attached hydrogen (secondary N) is 2. The average molecular weight is 934 g/mol. The van der Waals surface area contributed by atoms with Crippen molar-refractivity contribution in [3.05, 3.63) is 185 Å². The standard InChI is InChI=1S/C53H46N5O8P.Na/c54-53(55)58-52(60)44-10-9-43(57-44)51(59)56-11-12-64-13-14-65-49-45-39-21-41(37-19-33-29-15-27(31(33)17-35(37)39)23-5-1-3-7-25(23)29)47(45)50(66-67(61,62)63)48-42-22-40(46(48)49)36-18-32-28-16-30(34(32)20-38(36)42)26-8-4-2-6-24(26)28;/h1-10,17-20,27-30,39-42,57H,11-16,21-22H2,(H,56,59)(H2,61,62,63)(H4,54,55,58,60);/q;+1/p-1/t27-,28+,29+,30-,39-,40+,41+,42-;. The number of hydrogen-bond acceptors (Lipinski definition) is 7. The van der Waals surface area contributed by atoms with Crippen molar-refractivity contribution < 1.29 is 67.5 Å². The average Bonchev–Trinajstić information content (AvgIpc) is 4.19. The number of amides is 2. The van der Waals surface area contributed by atoms with Gasteiger partial charge in [-0.15, -0.1) is 0 Å². The number of hydrogen-bond donors (Lipinski definition) is 5. The maximum absolute atomic E-state index is 13.0. The number of guanidine groups is 1. The fourth-order valence-corrected chi connectivity index (χ4v) is 14.7. The van der Waals surface area contributed by atoms with Crippen molar-refractivity contribution in [1.29, 1.82) is 0 Å². The summed E-state index contributed by atoms with van der Waals surface area (Å²) in [6, 6.07) is 30.2. The van der Waals surface area contributed by atoms with Gasteiger partial charge in [-0.25, -0.2) is 0 Å². The Labute approximate surface area is 413 Å². The van der Waals surface area contributed by atoms with E-state index in [0.29, 0.717) is 23.7 Å². The molecule has 5 aromatic carbocycles. The van der Waals surface area contributed by atoms with Crippen molar-refractivity contribution in [2.45, 2.75) is 73.0 Å². The normalized spacial score (nSPS) is 25.0. The molecule has 8 aliphatic carbocycles. The molecule has 336 valence electrons. The minimum atomic E-state index is -5.24. The molecule has 1 unspecified atom stereocenters. The minimum absolute atomic E-state index is 0. The topological polar surface area (TPSA) is 214 Å². The maximum Gasteiger partial charge on any atom is 1.00 e. The Bertz CT molecular complexity index is 3160. The molecule has 8 aliphatic rings. The zero-order valence-electron chi connectivity index (χ0n) is 37.2. The largest absolute Gasteiger partial charge is 1.00 e. The number of aliphatic imine (C=N–C) groups is 1. The molecule has 0 spiro atoms. The number of nitrogens with zero attached hydrogens (tertiary/aromatic N) is 1. The number of phosphoric acid groups is 1. The number of phosphoric ester groups is 1. The zero-order valence-corrected chi connectivity index (χ0v) is 40.1. The predicted molar refractivity (Wildman–Crippen MR) is 245 cm³/mol. The van der Waals surface area contributed by atoms with Crippen molar-refractivity contribution >= 4 is 25.6 Å². The second-order valence-corrected chi connectivity index (χ2v) is 20.7. The van der Waals surface area contributed by atoms with Crippen molar-refractivity contribution in [3.63, 3.8) is 0 Å². The van der Waals surface area contributed by atoms with E-state index < -0.39 is 19.6 Å². The monoisotopic (exact) mass is 933 g/mol. The van der Waals surface area contributed by atoms with Crippen LogP contribution in [0.5, 0.6) is 11.5 Å². The van der Waals surface area contributed by atoms with Crippen LogP contribution < -0.4 is 60.5 Å². The molecule has 15 heteroatoms. The summed E-state index contributed by atoms with van der Waals surface area (Å²) in [7, 11) is -5.24. The molecule has 68 heavy (non-hydrogen) atoms. The van der Waals surface area contributed by atoms with Gasteiger partial charge < -0.3 is 45.6 Å². The molecule has 0 radical (unpaired) electrons. The van der Waals surface area contributed by atoms with Crippen LogP contribution in [-0.2, 0) is 9.30 Å². The molecular weight excluding hydrogens is 889 g/mol. The van der Waals surface area contributed by atoms with Crippen LogP contribution in [0.4, 0.5) is 0 Å². The van der Waals surface area contributed by atoms with Crippen LogP contribution in [-0.4, -0.2) is 54.0 Å². The number of aromatic nitrogens is 1. The molecule has 2 amide bonds. The second-order valence-electron chi connectivity index (χ2n) is 19.6. The van der Waals surface area contributed by atoms with Gasteiger partial charge in [0.2, 0.25) is 0 Å². The molecule has 0 saturated heterocycles. The van der Waals surface area contributed by atoms with Crippen LogP contribution in [0.3, 0.4) is 0 Å². The van der Waals surface area contributed by atoms with Gasteiger partial charge in [0.1, 0.15) is 29.5 Å². The third kappa shape index (κ3) is 6.03. The van der Waals surface area contributed by atoms with Gasteiger partial charge in [0, 0.05) is 76.1 Å². The number of fused-ring (bicyclic) bond motifs is 32. The molecule has 1 heterocycles. The third-order valence-electron chi connectivity index (χ3n) is 16.5. The van der Waals surface area contributed by atoms with Gasteiger partial charge in [-0.3, -0.25) is 14.2 Å². The zero-order chi connectivity index (χ0) is 45.2. The van der Waals surface area contributed by atoms with Crippen LogP contribution in [0.1, 0.15) is 183 Å². The fraction of sp³-hybridized carbons (Fsp3) is 0.302. The van der Waals surface area contributed by atoms with Gasteiger partial charge in [-0.1, -0.05) is 72.8 Å². The molecule has 1 aromatic heterocycles. The molecule has 7 N–H and O–H groups in total. The summed E-state index contributed by atoms with van der Waals surface area (Å²) >= 11 is 0. The molecule has 0 aliphatic heterocycles. The molecule has 8 bridgehead atoms. The van der Waals surface area contributed by atoms with Crippen molar-refractivity contribution in [2.24, 2.45) is 16.5 Å². The summed E-state index contributed by atoms with van der Waals surface area (Å²) in [4.78, 5) is 54.9. The van der Waals surface area contributed by atoms with E-state index in [4.69, 9.17) is 25.5 Å². The van der Waals surface area contributed by atoms with E-state index >= 15 is 0 Å². The number of benzene rings is 5. The predicted octanol–water partition coefficient (Wildman–Crippen LogP) is 4.02. The Balaban J connectivity index is 0.00000457. The Kier molecular flexibility index (Phi) is 9.55. The smallest absolute Gasteiger partial charge is 0.746 e. The van der Waals surface area contributed by atoms with Gasteiger partial charge >= 0.3 is 37.4 Å². The SMILES string of the molecule is NC(N)=NC(=O)c1ccc(C(=O)NCCOCCOc2c3c(c(OP(=O)([O-])O)c4c2[C@H]2C[C@@H]4c4cc5c(cc42)[C@H]2C[C@@H]5c4ccccc42)[C@H]2C[C@@H]3c3cc4c(cc32)[C@H]2C[C@@H]4c3ccccc32)[nH]1.[Na+]. The Hall–Kier alpha value is -5.50. The number of H-pyrrole nitrogens is 1. The number of aromatic amines is 1. The van der Waals surface area contributed by atoms with Gasteiger partial charge in [-0.05, 0) is 105 Å². The molecule has 0 fully saturated rings. The first-order valence-electron chi connectivity index (χ1n) is 23.3. The van der Waals surface area contributed by atoms with Crippen LogP contribution in [0.15, 0.2) is 89.9 Å². The van der Waals surface area contributed by atoms with E-state index in [2.05, 4.69) is 88.1 Å². The Morgan fingerprint density at radius 3 is 1.47 bits per heavy atom. The number of rotatable bonds is 11. The van der Waals surface area contributed by atoms with E-state index in [1.54, 1.807) is 0 Å². The number of carbonyl (C=O) groups is 2. The first-order valence-corrected chi connectivity index (χ1v) is 24.8. The number of nitrogens with two attached hydrogens (primary N) is 2. The molecule has 0 saturated carbocycles. The van der Waals surface area contributed by atoms with Gasteiger partial charge in [-0.2, -0.15) is 4.99 Å². The molecular formula is C53H45N5NaO8P. The summed E-state index contributed by atoms with van der Waals surface area (Å²) in [5, 5.41) is 2.80. The van der Waals surface area contributed by atoms with E-state index in [1.807, 2.05) is 0 Å². The van der Waals surface area contributed by atoms with Gasteiger partial charge in [0.15, 0.2) is 5.96 Å². The maximum atomic E-state index is 13.0. The van der Waals surface area contributed by atoms with Crippen molar-refractivity contribution in [1.82, 2.24) is 10.3 Å². The third-order valence-corrected chi connectivity index (χ3v) is 16.9. The summed E-state index contributed by atoms with van der Waals surface area (Å²) in [6.07, 6.45) is 3.66. The van der Waals surface area contributed by atoms with Crippen molar-refractivity contribution in [3.8, 4) is 11.5 Å². The minimum Gasteiger partial charge on any atom is -0.746 e. The van der Waals surface area contributed by atoms with E-state index in [1.165, 1.54) is 78.9 Å². The summed E-state index contributed by atoms with van der Waals surface area (Å²) in [5.74, 6) is 0.627. The first-order chi connectivity index (χ1) is 32.5. The molecule has 9 atom stereocenters. The molecule has 14 rings (SSSR count). The summed E-state index contributed by atoms with van der Waals surface area (Å²) in [5.41, 5.74) is 30.6. The number of ether oxygens (including phenoxy) is 2. The van der Waals surface area contributed by atoms with Gasteiger partial charge in [0.05, 0.1) is 13.2 Å². The summed E-state index contributed by atoms with van der Waals surface area (Å²) in [6.45, 7) is 0.850. The molecule has 6 aromatic rings. The first kappa shape index (κ1) is 42.6. The quantitative estimate of drug-likeness (QED) is 0.0414. The van der Waals surface area contributed by atoms with Crippen LogP contribution >= 0.6 is 7.82 Å². The Morgan fingerprint density at radius 1 is 0.618 bits per heavy atom. The van der Waals surface area contributed by atoms with E-state index in [-0.39, 0.29) is 103 Å². The van der Waals surface area contributed by atoms with Crippen LogP contribution in [0, 0.1) is 0 Å². The summed E-state index contributed by atoms with van der Waals surface area (Å²) < 4.78 is 32.0. The van der Waals surface area contributed by atoms with Gasteiger partial charge in [0.25, 0.3) is 11.8 Å². The van der Waals surface area contributed by atoms with E-state index in [0.717, 1.165) is 53.7 Å². The molecule has 13 nitrogen and oxygen atoms in total.